The molecule has 1 aromatic carbocycles. The Hall–Kier alpha value is -1.94. The van der Waals surface area contributed by atoms with E-state index in [-0.39, 0.29) is 6.04 Å². The van der Waals surface area contributed by atoms with Gasteiger partial charge in [-0.3, -0.25) is 0 Å². The van der Waals surface area contributed by atoms with Gasteiger partial charge in [0.05, 0.1) is 7.11 Å². The number of rotatable bonds is 3. The predicted molar refractivity (Wildman–Crippen MR) is 71.4 cm³/mol. The number of aryl methyl sites for hydroxylation is 1. The van der Waals surface area contributed by atoms with Gasteiger partial charge in [-0.15, -0.1) is 0 Å². The second kappa shape index (κ2) is 5.14. The first-order valence-corrected chi connectivity index (χ1v) is 5.85. The third kappa shape index (κ3) is 2.49. The van der Waals surface area contributed by atoms with Gasteiger partial charge < -0.3 is 10.5 Å². The maximum absolute atomic E-state index is 5.85. The van der Waals surface area contributed by atoms with Crippen molar-refractivity contribution in [3.63, 3.8) is 0 Å². The van der Waals surface area contributed by atoms with E-state index in [1.165, 1.54) is 0 Å². The van der Waals surface area contributed by atoms with Crippen LogP contribution in [-0.2, 0) is 0 Å². The molecule has 18 heavy (non-hydrogen) atoms. The molecule has 0 fully saturated rings. The Morgan fingerprint density at radius 2 is 2.11 bits per heavy atom. The number of benzene rings is 1. The Balaban J connectivity index is 2.42. The first-order chi connectivity index (χ1) is 8.61. The molecule has 1 heterocycles. The highest BCUT2D eigenvalue weighted by atomic mass is 16.5. The molecule has 0 saturated carbocycles. The van der Waals surface area contributed by atoms with Gasteiger partial charge in [0.15, 0.2) is 5.82 Å². The van der Waals surface area contributed by atoms with E-state index in [0.29, 0.717) is 5.82 Å². The maximum atomic E-state index is 5.85. The molecule has 0 amide bonds. The van der Waals surface area contributed by atoms with Gasteiger partial charge in [-0.25, -0.2) is 9.97 Å². The van der Waals surface area contributed by atoms with Crippen LogP contribution in [0.1, 0.15) is 24.2 Å². The van der Waals surface area contributed by atoms with Crippen molar-refractivity contribution >= 4 is 0 Å². The average Bonchev–Trinajstić information content (AvgIpc) is 2.38. The SMILES string of the molecule is COc1cccc(-c2ncc([C@@H](C)N)c(C)n2)c1. The lowest BCUT2D eigenvalue weighted by molar-refractivity contribution is 0.415. The molecular weight excluding hydrogens is 226 g/mol. The third-order valence-corrected chi connectivity index (χ3v) is 2.84. The molecule has 4 nitrogen and oxygen atoms in total. The molecule has 4 heteroatoms. The molecular formula is C14H17N3O. The van der Waals surface area contributed by atoms with Crippen LogP contribution in [0.15, 0.2) is 30.5 Å². The molecule has 0 bridgehead atoms. The zero-order chi connectivity index (χ0) is 13.1. The summed E-state index contributed by atoms with van der Waals surface area (Å²) < 4.78 is 5.19. The zero-order valence-corrected chi connectivity index (χ0v) is 10.8. The number of nitrogens with zero attached hydrogens (tertiary/aromatic N) is 2. The van der Waals surface area contributed by atoms with Gasteiger partial charge in [0.2, 0.25) is 0 Å². The first-order valence-electron chi connectivity index (χ1n) is 5.85. The van der Waals surface area contributed by atoms with E-state index in [9.17, 15) is 0 Å². The fraction of sp³-hybridized carbons (Fsp3) is 0.286. The van der Waals surface area contributed by atoms with Crippen LogP contribution in [-0.4, -0.2) is 17.1 Å². The summed E-state index contributed by atoms with van der Waals surface area (Å²) >= 11 is 0. The molecule has 1 atom stereocenters. The van der Waals surface area contributed by atoms with Crippen molar-refractivity contribution in [2.45, 2.75) is 19.9 Å². The van der Waals surface area contributed by atoms with Crippen LogP contribution in [0.4, 0.5) is 0 Å². The minimum atomic E-state index is -0.0515. The predicted octanol–water partition coefficient (Wildman–Crippen LogP) is 2.48. The molecule has 2 N–H and O–H groups in total. The highest BCUT2D eigenvalue weighted by Crippen LogP contribution is 2.22. The molecule has 94 valence electrons. The molecule has 2 aromatic rings. The summed E-state index contributed by atoms with van der Waals surface area (Å²) in [6.07, 6.45) is 1.79. The quantitative estimate of drug-likeness (QED) is 0.899. The average molecular weight is 243 g/mol. The fourth-order valence-electron chi connectivity index (χ4n) is 1.82. The van der Waals surface area contributed by atoms with E-state index >= 15 is 0 Å². The van der Waals surface area contributed by atoms with E-state index < -0.39 is 0 Å². The van der Waals surface area contributed by atoms with Crippen molar-refractivity contribution in [1.29, 1.82) is 0 Å². The van der Waals surface area contributed by atoms with Gasteiger partial charge in [0, 0.05) is 29.1 Å². The van der Waals surface area contributed by atoms with E-state index in [4.69, 9.17) is 10.5 Å². The number of nitrogens with two attached hydrogens (primary N) is 1. The molecule has 0 unspecified atom stereocenters. The van der Waals surface area contributed by atoms with Crippen molar-refractivity contribution in [2.75, 3.05) is 7.11 Å². The van der Waals surface area contributed by atoms with Crippen LogP contribution in [0.5, 0.6) is 5.75 Å². The Kier molecular flexibility index (Phi) is 3.58. The van der Waals surface area contributed by atoms with Gasteiger partial charge in [-0.05, 0) is 26.0 Å². The van der Waals surface area contributed by atoms with Gasteiger partial charge in [-0.2, -0.15) is 0 Å². The molecule has 0 radical (unpaired) electrons. The number of ether oxygens (including phenoxy) is 1. The Morgan fingerprint density at radius 3 is 2.72 bits per heavy atom. The first kappa shape index (κ1) is 12.5. The second-order valence-electron chi connectivity index (χ2n) is 4.25. The van der Waals surface area contributed by atoms with Crippen LogP contribution in [0.2, 0.25) is 0 Å². The summed E-state index contributed by atoms with van der Waals surface area (Å²) in [6, 6.07) is 7.65. The highest BCUT2D eigenvalue weighted by Gasteiger charge is 2.08. The molecule has 0 saturated heterocycles. The standard InChI is InChI=1S/C14H17N3O/c1-9(15)13-8-16-14(17-10(13)2)11-5-4-6-12(7-11)18-3/h4-9H,15H2,1-3H3/t9-/m1/s1. The van der Waals surface area contributed by atoms with Gasteiger partial charge in [-0.1, -0.05) is 12.1 Å². The zero-order valence-electron chi connectivity index (χ0n) is 10.8. The lowest BCUT2D eigenvalue weighted by atomic mass is 10.1. The number of hydrogen-bond acceptors (Lipinski definition) is 4. The van der Waals surface area contributed by atoms with Crippen molar-refractivity contribution in [1.82, 2.24) is 9.97 Å². The van der Waals surface area contributed by atoms with E-state index in [1.54, 1.807) is 13.3 Å². The second-order valence-corrected chi connectivity index (χ2v) is 4.25. The van der Waals surface area contributed by atoms with Crippen molar-refractivity contribution in [3.8, 4) is 17.1 Å². The maximum Gasteiger partial charge on any atom is 0.159 e. The molecule has 0 aliphatic heterocycles. The minimum absolute atomic E-state index is 0.0515. The summed E-state index contributed by atoms with van der Waals surface area (Å²) in [5.74, 6) is 1.49. The number of aromatic nitrogens is 2. The van der Waals surface area contributed by atoms with Crippen LogP contribution < -0.4 is 10.5 Å². The van der Waals surface area contributed by atoms with E-state index in [1.807, 2.05) is 38.1 Å². The number of hydrogen-bond donors (Lipinski definition) is 1. The van der Waals surface area contributed by atoms with Gasteiger partial charge in [0.1, 0.15) is 5.75 Å². The normalized spacial score (nSPS) is 12.2. The molecule has 0 spiro atoms. The summed E-state index contributed by atoms with van der Waals surface area (Å²) in [5, 5.41) is 0. The largest absolute Gasteiger partial charge is 0.497 e. The minimum Gasteiger partial charge on any atom is -0.497 e. The third-order valence-electron chi connectivity index (χ3n) is 2.84. The monoisotopic (exact) mass is 243 g/mol. The Labute approximate surface area is 107 Å². The lowest BCUT2D eigenvalue weighted by Gasteiger charge is -2.10. The summed E-state index contributed by atoms with van der Waals surface area (Å²) in [7, 11) is 1.64. The number of methoxy groups -OCH3 is 1. The summed E-state index contributed by atoms with van der Waals surface area (Å²) in [5.41, 5.74) is 8.68. The molecule has 0 aliphatic carbocycles. The molecule has 2 rings (SSSR count). The fourth-order valence-corrected chi connectivity index (χ4v) is 1.82. The van der Waals surface area contributed by atoms with Crippen molar-refractivity contribution < 1.29 is 4.74 Å². The molecule has 1 aromatic heterocycles. The van der Waals surface area contributed by atoms with Crippen molar-refractivity contribution in [2.24, 2.45) is 5.73 Å². The van der Waals surface area contributed by atoms with Gasteiger partial charge >= 0.3 is 0 Å². The van der Waals surface area contributed by atoms with Crippen LogP contribution in [0.25, 0.3) is 11.4 Å². The Bertz CT molecular complexity index is 552. The smallest absolute Gasteiger partial charge is 0.159 e. The topological polar surface area (TPSA) is 61.0 Å². The Morgan fingerprint density at radius 1 is 1.33 bits per heavy atom. The van der Waals surface area contributed by atoms with Gasteiger partial charge in [0.25, 0.3) is 0 Å². The molecule has 0 aliphatic rings. The van der Waals surface area contributed by atoms with Crippen LogP contribution in [0.3, 0.4) is 0 Å². The van der Waals surface area contributed by atoms with Crippen LogP contribution in [0, 0.1) is 6.92 Å². The van der Waals surface area contributed by atoms with Crippen LogP contribution >= 0.6 is 0 Å². The highest BCUT2D eigenvalue weighted by molar-refractivity contribution is 5.57. The van der Waals surface area contributed by atoms with E-state index in [0.717, 1.165) is 22.6 Å². The lowest BCUT2D eigenvalue weighted by Crippen LogP contribution is -2.09. The van der Waals surface area contributed by atoms with E-state index in [2.05, 4.69) is 9.97 Å². The summed E-state index contributed by atoms with van der Waals surface area (Å²) in [4.78, 5) is 8.85. The summed E-state index contributed by atoms with van der Waals surface area (Å²) in [6.45, 7) is 3.88. The van der Waals surface area contributed by atoms with Crippen molar-refractivity contribution in [3.05, 3.63) is 41.7 Å².